The molecule has 17 heavy (non-hydrogen) atoms. The molecule has 0 radical (unpaired) electrons. The molecule has 1 rings (SSSR count). The van der Waals surface area contributed by atoms with Crippen molar-refractivity contribution >= 4 is 5.78 Å². The maximum Gasteiger partial charge on any atom is 0.261 e. The third-order valence-corrected chi connectivity index (χ3v) is 2.50. The lowest BCUT2D eigenvalue weighted by Gasteiger charge is -2.13. The van der Waals surface area contributed by atoms with E-state index in [2.05, 4.69) is 0 Å². The number of hydrogen-bond acceptors (Lipinski definition) is 2. The fourth-order valence-electron chi connectivity index (χ4n) is 1.51. The van der Waals surface area contributed by atoms with Gasteiger partial charge in [0, 0.05) is 5.56 Å². The van der Waals surface area contributed by atoms with Crippen molar-refractivity contribution in [1.29, 1.82) is 0 Å². The summed E-state index contributed by atoms with van der Waals surface area (Å²) in [6.45, 7) is 4.47. The van der Waals surface area contributed by atoms with Crippen molar-refractivity contribution in [2.45, 2.75) is 33.3 Å². The highest BCUT2D eigenvalue weighted by Crippen LogP contribution is 2.14. The van der Waals surface area contributed by atoms with E-state index in [4.69, 9.17) is 4.74 Å². The lowest BCUT2D eigenvalue weighted by molar-refractivity contribution is -0.00987. The van der Waals surface area contributed by atoms with Gasteiger partial charge < -0.3 is 4.74 Å². The fraction of sp³-hybridized carbons (Fsp3) is 0.462. The van der Waals surface area contributed by atoms with E-state index in [1.807, 2.05) is 26.0 Å². The highest BCUT2D eigenvalue weighted by molar-refractivity contribution is 6.00. The van der Waals surface area contributed by atoms with Gasteiger partial charge in [-0.15, -0.1) is 0 Å². The van der Waals surface area contributed by atoms with Crippen molar-refractivity contribution in [2.24, 2.45) is 0 Å². The minimum atomic E-state index is -2.55. The molecule has 0 spiro atoms. The number of halogens is 2. The van der Waals surface area contributed by atoms with E-state index in [1.165, 1.54) is 6.92 Å². The standard InChI is InChI=1S/C13H16F2O2/c1-8-4-5-9(2)11(6-8)13(16)10(3)17-7-12(14)15/h4-6,10,12H,7H2,1-3H3. The van der Waals surface area contributed by atoms with Crippen molar-refractivity contribution in [3.8, 4) is 0 Å². The molecule has 0 fully saturated rings. The van der Waals surface area contributed by atoms with Crippen LogP contribution < -0.4 is 0 Å². The first kappa shape index (κ1) is 13.8. The molecule has 0 saturated heterocycles. The average molecular weight is 242 g/mol. The van der Waals surface area contributed by atoms with Crippen molar-refractivity contribution in [2.75, 3.05) is 6.61 Å². The van der Waals surface area contributed by atoms with Crippen LogP contribution in [0.4, 0.5) is 8.78 Å². The number of carbonyl (C=O) groups is 1. The second kappa shape index (κ2) is 5.87. The topological polar surface area (TPSA) is 26.3 Å². The molecule has 4 heteroatoms. The molecule has 0 amide bonds. The Morgan fingerprint density at radius 2 is 2.00 bits per heavy atom. The summed E-state index contributed by atoms with van der Waals surface area (Å²) < 4.78 is 28.8. The SMILES string of the molecule is Cc1ccc(C)c(C(=O)C(C)OCC(F)F)c1. The van der Waals surface area contributed by atoms with Crippen LogP contribution in [-0.4, -0.2) is 24.9 Å². The van der Waals surface area contributed by atoms with Crippen molar-refractivity contribution in [1.82, 2.24) is 0 Å². The van der Waals surface area contributed by atoms with Gasteiger partial charge in [-0.2, -0.15) is 0 Å². The maximum absolute atomic E-state index is 12.0. The predicted octanol–water partition coefficient (Wildman–Crippen LogP) is 3.16. The second-order valence-corrected chi connectivity index (χ2v) is 4.05. The number of ketones is 1. The van der Waals surface area contributed by atoms with Crippen LogP contribution in [0.1, 0.15) is 28.4 Å². The Morgan fingerprint density at radius 1 is 1.35 bits per heavy atom. The molecular weight excluding hydrogens is 226 g/mol. The van der Waals surface area contributed by atoms with Crippen LogP contribution in [0.3, 0.4) is 0 Å². The predicted molar refractivity (Wildman–Crippen MR) is 61.7 cm³/mol. The third kappa shape index (κ3) is 3.89. The van der Waals surface area contributed by atoms with E-state index >= 15 is 0 Å². The number of rotatable bonds is 5. The number of alkyl halides is 2. The van der Waals surface area contributed by atoms with Crippen molar-refractivity contribution < 1.29 is 18.3 Å². The monoisotopic (exact) mass is 242 g/mol. The minimum absolute atomic E-state index is 0.258. The maximum atomic E-state index is 12.0. The molecule has 94 valence electrons. The second-order valence-electron chi connectivity index (χ2n) is 4.05. The molecule has 0 aromatic heterocycles. The highest BCUT2D eigenvalue weighted by atomic mass is 19.3. The first-order chi connectivity index (χ1) is 7.91. The largest absolute Gasteiger partial charge is 0.364 e. The van der Waals surface area contributed by atoms with Crippen molar-refractivity contribution in [3.05, 3.63) is 34.9 Å². The first-order valence-corrected chi connectivity index (χ1v) is 5.43. The van der Waals surface area contributed by atoms with E-state index in [1.54, 1.807) is 6.07 Å². The fourth-order valence-corrected chi connectivity index (χ4v) is 1.51. The zero-order valence-electron chi connectivity index (χ0n) is 10.2. The molecule has 0 aliphatic rings. The Labute approximate surface area is 99.6 Å². The van der Waals surface area contributed by atoms with Gasteiger partial charge in [0.1, 0.15) is 12.7 Å². The Bertz CT molecular complexity index is 402. The van der Waals surface area contributed by atoms with Gasteiger partial charge in [0.25, 0.3) is 6.43 Å². The van der Waals surface area contributed by atoms with Crippen LogP contribution in [0.5, 0.6) is 0 Å². The van der Waals surface area contributed by atoms with E-state index < -0.39 is 19.1 Å². The van der Waals surface area contributed by atoms with Crippen molar-refractivity contribution in [3.63, 3.8) is 0 Å². The van der Waals surface area contributed by atoms with Gasteiger partial charge in [-0.05, 0) is 32.4 Å². The number of hydrogen-bond donors (Lipinski definition) is 0. The van der Waals surface area contributed by atoms with Gasteiger partial charge >= 0.3 is 0 Å². The molecule has 1 aromatic carbocycles. The number of aryl methyl sites for hydroxylation is 2. The highest BCUT2D eigenvalue weighted by Gasteiger charge is 2.19. The van der Waals surface area contributed by atoms with Crippen LogP contribution in [0.25, 0.3) is 0 Å². The van der Waals surface area contributed by atoms with E-state index in [-0.39, 0.29) is 5.78 Å². The minimum Gasteiger partial charge on any atom is -0.364 e. The summed E-state index contributed by atoms with van der Waals surface area (Å²) in [7, 11) is 0. The zero-order valence-corrected chi connectivity index (χ0v) is 10.2. The summed E-state index contributed by atoms with van der Waals surface area (Å²) in [5, 5.41) is 0. The van der Waals surface area contributed by atoms with Crippen LogP contribution >= 0.6 is 0 Å². The quantitative estimate of drug-likeness (QED) is 0.741. The molecule has 1 aromatic rings. The number of carbonyl (C=O) groups excluding carboxylic acids is 1. The molecule has 0 heterocycles. The van der Waals surface area contributed by atoms with Gasteiger partial charge in [-0.25, -0.2) is 8.78 Å². The number of ether oxygens (including phenoxy) is 1. The van der Waals surface area contributed by atoms with Gasteiger partial charge in [0.2, 0.25) is 0 Å². The van der Waals surface area contributed by atoms with Gasteiger partial charge in [0.15, 0.2) is 5.78 Å². The van der Waals surface area contributed by atoms with E-state index in [9.17, 15) is 13.6 Å². The molecule has 0 bridgehead atoms. The Morgan fingerprint density at radius 3 is 2.59 bits per heavy atom. The summed E-state index contributed by atoms with van der Waals surface area (Å²) >= 11 is 0. The lowest BCUT2D eigenvalue weighted by atomic mass is 9.99. The van der Waals surface area contributed by atoms with Crippen LogP contribution in [-0.2, 0) is 4.74 Å². The Kier molecular flexibility index (Phi) is 4.75. The first-order valence-electron chi connectivity index (χ1n) is 5.43. The molecular formula is C13H16F2O2. The number of Topliss-reactive ketones (excluding diaryl/α,β-unsaturated/α-hetero) is 1. The summed E-state index contributed by atoms with van der Waals surface area (Å²) in [5.74, 6) is -0.258. The lowest BCUT2D eigenvalue weighted by Crippen LogP contribution is -2.24. The molecule has 0 aliphatic carbocycles. The van der Waals surface area contributed by atoms with Crippen LogP contribution in [0.2, 0.25) is 0 Å². The molecule has 1 atom stereocenters. The Hall–Kier alpha value is -1.29. The van der Waals surface area contributed by atoms with Gasteiger partial charge in [-0.3, -0.25) is 4.79 Å². The van der Waals surface area contributed by atoms with Crippen LogP contribution in [0.15, 0.2) is 18.2 Å². The van der Waals surface area contributed by atoms with E-state index in [0.717, 1.165) is 11.1 Å². The molecule has 0 saturated carbocycles. The van der Waals surface area contributed by atoms with Crippen LogP contribution in [0, 0.1) is 13.8 Å². The van der Waals surface area contributed by atoms with Gasteiger partial charge in [0.05, 0.1) is 0 Å². The van der Waals surface area contributed by atoms with E-state index in [0.29, 0.717) is 5.56 Å². The average Bonchev–Trinajstić information content (AvgIpc) is 2.28. The zero-order chi connectivity index (χ0) is 13.0. The molecule has 0 aliphatic heterocycles. The smallest absolute Gasteiger partial charge is 0.261 e. The molecule has 1 unspecified atom stereocenters. The molecule has 2 nitrogen and oxygen atoms in total. The summed E-state index contributed by atoms with van der Waals surface area (Å²) in [5.41, 5.74) is 2.32. The number of benzene rings is 1. The summed E-state index contributed by atoms with van der Waals surface area (Å²) in [6, 6.07) is 5.49. The summed E-state index contributed by atoms with van der Waals surface area (Å²) in [4.78, 5) is 12.0. The molecule has 0 N–H and O–H groups in total. The Balaban J connectivity index is 2.78. The summed E-state index contributed by atoms with van der Waals surface area (Å²) in [6.07, 6.45) is -3.40. The third-order valence-electron chi connectivity index (χ3n) is 2.50. The normalized spacial score (nSPS) is 12.8. The van der Waals surface area contributed by atoms with Gasteiger partial charge in [-0.1, -0.05) is 17.7 Å².